The van der Waals surface area contributed by atoms with E-state index in [4.69, 9.17) is 11.6 Å². The Morgan fingerprint density at radius 2 is 1.88 bits per heavy atom. The minimum absolute atomic E-state index is 0.125. The third-order valence-electron chi connectivity index (χ3n) is 3.78. The number of nitroso groups, excluding NO2 is 1. The monoisotopic (exact) mass is 398 g/mol. The van der Waals surface area contributed by atoms with Crippen LogP contribution in [0.3, 0.4) is 0 Å². The van der Waals surface area contributed by atoms with Gasteiger partial charge in [0, 0.05) is 63.2 Å². The number of nitrogens with zero attached hydrogens (tertiary/aromatic N) is 1. The Morgan fingerprint density at radius 3 is 2.56 bits per heavy atom. The molecule has 9 heteroatoms. The number of hydrogen-bond donors (Lipinski definition) is 2. The van der Waals surface area contributed by atoms with E-state index in [9.17, 15) is 13.3 Å². The van der Waals surface area contributed by atoms with E-state index in [1.807, 2.05) is 12.1 Å². The zero-order chi connectivity index (χ0) is 17.9. The van der Waals surface area contributed by atoms with Crippen molar-refractivity contribution in [1.82, 2.24) is 9.62 Å². The largest absolute Gasteiger partial charge is 0.314 e. The molecule has 2 aromatic carbocycles. The standard InChI is InChI=1S/C16H16ClN3O3S2/c17-12-2-1-3-14(10-12)24-15-5-4-13(19-21)11-16(15)25(22,23)20-8-6-18-7-9-20/h1-5,10-11,18H,6-9H2/p+1. The molecule has 0 radical (unpaired) electrons. The van der Waals surface area contributed by atoms with E-state index in [1.165, 1.54) is 22.1 Å². The summed E-state index contributed by atoms with van der Waals surface area (Å²) < 4.78 is 27.6. The number of nitrogens with one attached hydrogen (secondary N) is 2. The second-order valence-corrected chi connectivity index (χ2v) is 8.94. The molecule has 0 aliphatic carbocycles. The molecular formula is C16H17ClN3O3S2+. The summed E-state index contributed by atoms with van der Waals surface area (Å²) in [6, 6.07) is 11.8. The lowest BCUT2D eigenvalue weighted by Gasteiger charge is -2.27. The zero-order valence-corrected chi connectivity index (χ0v) is 15.6. The third kappa shape index (κ3) is 4.21. The van der Waals surface area contributed by atoms with Crippen molar-refractivity contribution in [2.75, 3.05) is 26.2 Å². The molecule has 0 bridgehead atoms. The quantitative estimate of drug-likeness (QED) is 0.799. The van der Waals surface area contributed by atoms with Gasteiger partial charge in [0.25, 0.3) is 5.69 Å². The van der Waals surface area contributed by atoms with Crippen molar-refractivity contribution in [1.29, 1.82) is 0 Å². The van der Waals surface area contributed by atoms with Crippen molar-refractivity contribution in [3.05, 3.63) is 52.4 Å². The Balaban J connectivity index is 2.02. The predicted octanol–water partition coefficient (Wildman–Crippen LogP) is 1.56. The highest BCUT2D eigenvalue weighted by Crippen LogP contribution is 2.36. The van der Waals surface area contributed by atoms with Gasteiger partial charge in [-0.05, 0) is 24.3 Å². The molecule has 0 spiro atoms. The molecule has 1 aliphatic heterocycles. The summed E-state index contributed by atoms with van der Waals surface area (Å²) in [6.07, 6.45) is 0. The van der Waals surface area contributed by atoms with Gasteiger partial charge in [0.05, 0.1) is 0 Å². The van der Waals surface area contributed by atoms with Crippen LogP contribution in [0.5, 0.6) is 0 Å². The summed E-state index contributed by atoms with van der Waals surface area (Å²) in [5.41, 5.74) is 0.212. The molecule has 0 unspecified atom stereocenters. The van der Waals surface area contributed by atoms with Gasteiger partial charge >= 0.3 is 0 Å². The summed E-state index contributed by atoms with van der Waals surface area (Å²) in [6.45, 7) is 2.02. The first kappa shape index (κ1) is 18.3. The Labute approximate surface area is 155 Å². The van der Waals surface area contributed by atoms with Gasteiger partial charge in [-0.25, -0.2) is 8.42 Å². The summed E-state index contributed by atoms with van der Waals surface area (Å²) in [7, 11) is -3.69. The molecule has 1 heterocycles. The average molecular weight is 399 g/mol. The minimum Gasteiger partial charge on any atom is -0.314 e. The Bertz CT molecular complexity index is 884. The lowest BCUT2D eigenvalue weighted by atomic mass is 10.3. The maximum atomic E-state index is 13.1. The van der Waals surface area contributed by atoms with E-state index in [0.29, 0.717) is 36.1 Å². The van der Waals surface area contributed by atoms with Crippen LogP contribution in [0.4, 0.5) is 5.69 Å². The predicted molar refractivity (Wildman–Crippen MR) is 97.6 cm³/mol. The lowest BCUT2D eigenvalue weighted by molar-refractivity contribution is -0.379. The van der Waals surface area contributed by atoms with E-state index in [2.05, 4.69) is 5.32 Å². The van der Waals surface area contributed by atoms with Crippen LogP contribution in [0.25, 0.3) is 0 Å². The van der Waals surface area contributed by atoms with Crippen LogP contribution in [-0.2, 0) is 10.0 Å². The van der Waals surface area contributed by atoms with Crippen LogP contribution >= 0.6 is 23.4 Å². The van der Waals surface area contributed by atoms with Crippen LogP contribution in [0.15, 0.2) is 57.2 Å². The molecule has 3 rings (SSSR count). The van der Waals surface area contributed by atoms with Gasteiger partial charge in [-0.2, -0.15) is 4.31 Å². The van der Waals surface area contributed by atoms with Crippen molar-refractivity contribution in [2.24, 2.45) is 0 Å². The molecule has 1 fully saturated rings. The van der Waals surface area contributed by atoms with Crippen LogP contribution in [0.2, 0.25) is 5.02 Å². The summed E-state index contributed by atoms with van der Waals surface area (Å²) in [5, 5.41) is 5.48. The van der Waals surface area contributed by atoms with E-state index >= 15 is 0 Å². The van der Waals surface area contributed by atoms with Gasteiger partial charge < -0.3 is 5.32 Å². The van der Waals surface area contributed by atoms with Gasteiger partial charge in [0.1, 0.15) is 4.90 Å². The number of sulfonamides is 1. The first-order valence-electron chi connectivity index (χ1n) is 7.67. The van der Waals surface area contributed by atoms with Crippen molar-refractivity contribution in [3.63, 3.8) is 0 Å². The molecule has 2 N–H and O–H groups in total. The number of piperazine rings is 1. The fourth-order valence-electron chi connectivity index (χ4n) is 2.54. The van der Waals surface area contributed by atoms with Crippen molar-refractivity contribution >= 4 is 39.1 Å². The molecule has 6 nitrogen and oxygen atoms in total. The molecule has 0 amide bonds. The van der Waals surface area contributed by atoms with Crippen molar-refractivity contribution in [2.45, 2.75) is 14.7 Å². The zero-order valence-electron chi connectivity index (χ0n) is 13.2. The average Bonchev–Trinajstić information content (AvgIpc) is 2.63. The highest BCUT2D eigenvalue weighted by atomic mass is 35.5. The molecule has 0 saturated carbocycles. The smallest absolute Gasteiger partial charge is 0.254 e. The van der Waals surface area contributed by atoms with Crippen LogP contribution in [0, 0.1) is 4.91 Å². The summed E-state index contributed by atoms with van der Waals surface area (Å²) in [4.78, 5) is 12.5. The van der Waals surface area contributed by atoms with Gasteiger partial charge in [-0.15, -0.1) is 0 Å². The number of benzene rings is 2. The Morgan fingerprint density at radius 1 is 1.12 bits per heavy atom. The molecule has 132 valence electrons. The fraction of sp³-hybridized carbons (Fsp3) is 0.250. The molecule has 1 saturated heterocycles. The number of halogens is 1. The van der Waals surface area contributed by atoms with Crippen LogP contribution in [-0.4, -0.2) is 38.9 Å². The van der Waals surface area contributed by atoms with Crippen LogP contribution < -0.4 is 10.5 Å². The highest BCUT2D eigenvalue weighted by Gasteiger charge is 2.29. The molecule has 1 aliphatic rings. The van der Waals surface area contributed by atoms with Crippen LogP contribution in [0.1, 0.15) is 0 Å². The highest BCUT2D eigenvalue weighted by molar-refractivity contribution is 8.00. The van der Waals surface area contributed by atoms with Crippen molar-refractivity contribution in [3.8, 4) is 0 Å². The number of hydrogen-bond acceptors (Lipinski definition) is 5. The van der Waals surface area contributed by atoms with Gasteiger partial charge in [0.15, 0.2) is 0 Å². The molecule has 2 aromatic rings. The van der Waals surface area contributed by atoms with E-state index in [1.54, 1.807) is 29.4 Å². The SMILES string of the molecule is O=[NH+]c1ccc(Sc2cccc(Cl)c2)c(S(=O)(=O)N2CCNCC2)c1. The topological polar surface area (TPSA) is 80.5 Å². The normalized spacial score (nSPS) is 15.9. The van der Waals surface area contributed by atoms with E-state index < -0.39 is 10.0 Å². The summed E-state index contributed by atoms with van der Waals surface area (Å²) in [5.74, 6) is 0. The second-order valence-electron chi connectivity index (χ2n) is 5.48. The van der Waals surface area contributed by atoms with Gasteiger partial charge in [-0.3, -0.25) is 0 Å². The molecular weight excluding hydrogens is 382 g/mol. The van der Waals surface area contributed by atoms with E-state index in [-0.39, 0.29) is 10.6 Å². The molecule has 25 heavy (non-hydrogen) atoms. The fourth-order valence-corrected chi connectivity index (χ4v) is 5.66. The number of rotatable bonds is 5. The molecule has 0 atom stereocenters. The maximum absolute atomic E-state index is 13.1. The van der Waals surface area contributed by atoms with Gasteiger partial charge in [-0.1, -0.05) is 29.4 Å². The Hall–Kier alpha value is -1.45. The van der Waals surface area contributed by atoms with Gasteiger partial charge in [0.2, 0.25) is 10.0 Å². The Kier molecular flexibility index (Phi) is 5.75. The van der Waals surface area contributed by atoms with E-state index in [0.717, 1.165) is 4.90 Å². The van der Waals surface area contributed by atoms with Crippen molar-refractivity contribution < 1.29 is 13.6 Å². The first-order chi connectivity index (χ1) is 12.0. The lowest BCUT2D eigenvalue weighted by Crippen LogP contribution is -2.55. The first-order valence-corrected chi connectivity index (χ1v) is 10.3. The third-order valence-corrected chi connectivity index (χ3v) is 7.15. The minimum atomic E-state index is -3.69. The summed E-state index contributed by atoms with van der Waals surface area (Å²) >= 11 is 7.31. The maximum Gasteiger partial charge on any atom is 0.254 e. The molecule has 0 aromatic heterocycles. The second kappa shape index (κ2) is 7.84.